The van der Waals surface area contributed by atoms with E-state index >= 15 is 0 Å². The van der Waals surface area contributed by atoms with E-state index in [1.165, 1.54) is 7.11 Å². The van der Waals surface area contributed by atoms with E-state index in [4.69, 9.17) is 5.11 Å². The smallest absolute Gasteiger partial charge is 0.264 e. The molecule has 96 valence electrons. The summed E-state index contributed by atoms with van der Waals surface area (Å²) in [6.07, 6.45) is 1.00. The van der Waals surface area contributed by atoms with Gasteiger partial charge in [-0.05, 0) is 0 Å². The Morgan fingerprint density at radius 1 is 1.07 bits per heavy atom. The van der Waals surface area contributed by atoms with E-state index in [2.05, 4.69) is 13.7 Å². The number of ether oxygens (including phenoxy) is 2. The molecule has 8 heteroatoms. The zero-order valence-electron chi connectivity index (χ0n) is 9.23. The predicted octanol–water partition coefficient (Wildman–Crippen LogP) is -0.653. The predicted molar refractivity (Wildman–Crippen MR) is 62.0 cm³/mol. The molecule has 0 aliphatic carbocycles. The zero-order valence-corrected chi connectivity index (χ0v) is 11.0. The summed E-state index contributed by atoms with van der Waals surface area (Å²) in [5, 5.41) is 7.94. The van der Waals surface area contributed by atoms with Crippen molar-refractivity contribution < 1.29 is 27.2 Å². The number of methoxy groups -OCH3 is 2. The van der Waals surface area contributed by atoms with Gasteiger partial charge in [-0.15, -0.1) is 0 Å². The van der Waals surface area contributed by atoms with Gasteiger partial charge in [0.05, 0.1) is 32.7 Å². The van der Waals surface area contributed by atoms with Crippen LogP contribution in [-0.2, 0) is 23.8 Å². The van der Waals surface area contributed by atoms with Crippen molar-refractivity contribution in [2.24, 2.45) is 0 Å². The largest absolute Gasteiger partial charge is 0.394 e. The summed E-state index contributed by atoms with van der Waals surface area (Å²) in [5.74, 6) is 0. The van der Waals surface area contributed by atoms with Crippen molar-refractivity contribution in [2.45, 2.75) is 0 Å². The van der Waals surface area contributed by atoms with Crippen molar-refractivity contribution >= 4 is 23.6 Å². The molecule has 0 rings (SSSR count). The third kappa shape index (κ3) is 31.5. The van der Waals surface area contributed by atoms with Crippen LogP contribution in [0.25, 0.3) is 0 Å². The van der Waals surface area contributed by atoms with E-state index in [1.54, 1.807) is 7.11 Å². The number of hydrogen-bond donors (Lipinski definition) is 1. The highest BCUT2D eigenvalue weighted by Crippen LogP contribution is 1.84. The molecule has 0 saturated heterocycles. The van der Waals surface area contributed by atoms with Crippen molar-refractivity contribution in [3.05, 3.63) is 0 Å². The summed E-state index contributed by atoms with van der Waals surface area (Å²) in [4.78, 5) is 0. The Balaban J connectivity index is -0.000000208. The lowest BCUT2D eigenvalue weighted by molar-refractivity contribution is 0.135. The number of aliphatic hydroxyl groups is 1. The second kappa shape index (κ2) is 14.1. The summed E-state index contributed by atoms with van der Waals surface area (Å²) in [7, 11) is -0.247. The molecule has 15 heavy (non-hydrogen) atoms. The highest BCUT2D eigenvalue weighted by molar-refractivity contribution is 7.85. The molecular weight excluding hydrogens is 244 g/mol. The monoisotopic (exact) mass is 264 g/mol. The number of hydrogen-bond acceptors (Lipinski definition) is 6. The summed E-state index contributed by atoms with van der Waals surface area (Å²) < 4.78 is 33.8. The number of aliphatic hydroxyl groups excluding tert-OH is 1. The van der Waals surface area contributed by atoms with E-state index in [1.807, 2.05) is 0 Å². The minimum absolute atomic E-state index is 0. The highest BCUT2D eigenvalue weighted by Gasteiger charge is 1.98. The van der Waals surface area contributed by atoms with Crippen LogP contribution in [0.4, 0.5) is 0 Å². The third-order valence-electron chi connectivity index (χ3n) is 0.880. The molecule has 0 aromatic carbocycles. The minimum atomic E-state index is -3.28. The molecule has 0 amide bonds. The first-order chi connectivity index (χ1) is 6.47. The van der Waals surface area contributed by atoms with Crippen LogP contribution < -0.4 is 0 Å². The average molecular weight is 264 g/mol. The lowest BCUT2D eigenvalue weighted by Gasteiger charge is -1.97. The van der Waals surface area contributed by atoms with Crippen molar-refractivity contribution in [3.8, 4) is 0 Å². The summed E-state index contributed by atoms with van der Waals surface area (Å²) in [6.45, 7) is 0.957. The van der Waals surface area contributed by atoms with Crippen LogP contribution in [-0.4, -0.2) is 60.4 Å². The van der Waals surface area contributed by atoms with Crippen molar-refractivity contribution in [1.29, 1.82) is 0 Å². The summed E-state index contributed by atoms with van der Waals surface area (Å²) in [5.41, 5.74) is 0. The maximum Gasteiger partial charge on any atom is 0.264 e. The van der Waals surface area contributed by atoms with Crippen LogP contribution in [0.15, 0.2) is 0 Å². The Labute approximate surface area is 98.1 Å². The van der Waals surface area contributed by atoms with Crippen LogP contribution in [0.1, 0.15) is 0 Å². The molecule has 0 fully saturated rings. The Kier molecular flexibility index (Phi) is 19.4. The van der Waals surface area contributed by atoms with E-state index in [0.717, 1.165) is 6.26 Å². The molecule has 0 saturated carbocycles. The van der Waals surface area contributed by atoms with Crippen LogP contribution in [0.5, 0.6) is 0 Å². The Hall–Kier alpha value is 0.140. The third-order valence-corrected chi connectivity index (χ3v) is 1.48. The van der Waals surface area contributed by atoms with E-state index in [0.29, 0.717) is 13.2 Å². The minimum Gasteiger partial charge on any atom is -0.394 e. The first-order valence-corrected chi connectivity index (χ1v) is 5.72. The van der Waals surface area contributed by atoms with Crippen molar-refractivity contribution in [1.82, 2.24) is 0 Å². The quantitative estimate of drug-likeness (QED) is 0.507. The van der Waals surface area contributed by atoms with E-state index < -0.39 is 10.1 Å². The van der Waals surface area contributed by atoms with Gasteiger partial charge in [0.25, 0.3) is 10.1 Å². The summed E-state index contributed by atoms with van der Waals surface area (Å²) in [6, 6.07) is 0. The van der Waals surface area contributed by atoms with Gasteiger partial charge in [-0.3, -0.25) is 4.18 Å². The van der Waals surface area contributed by atoms with Crippen LogP contribution in [0.3, 0.4) is 0 Å². The zero-order chi connectivity index (χ0) is 11.4. The second-order valence-corrected chi connectivity index (χ2v) is 3.88. The molecule has 0 aliphatic rings. The second-order valence-electron chi connectivity index (χ2n) is 2.24. The molecule has 0 spiro atoms. The van der Waals surface area contributed by atoms with Gasteiger partial charge in [0.2, 0.25) is 0 Å². The molecule has 0 heterocycles. The topological polar surface area (TPSA) is 82.1 Å². The van der Waals surface area contributed by atoms with E-state index in [9.17, 15) is 8.42 Å². The lowest BCUT2D eigenvalue weighted by atomic mass is 10.8. The van der Waals surface area contributed by atoms with Gasteiger partial charge in [-0.2, -0.15) is 21.9 Å². The van der Waals surface area contributed by atoms with Crippen LogP contribution in [0.2, 0.25) is 0 Å². The van der Waals surface area contributed by atoms with Gasteiger partial charge in [0.1, 0.15) is 0 Å². The molecule has 0 atom stereocenters. The fourth-order valence-corrected chi connectivity index (χ4v) is 0.731. The lowest BCUT2D eigenvalue weighted by Crippen LogP contribution is -2.07. The van der Waals surface area contributed by atoms with Gasteiger partial charge < -0.3 is 14.6 Å². The Morgan fingerprint density at radius 2 is 1.53 bits per heavy atom. The Bertz CT molecular complexity index is 190. The summed E-state index contributed by atoms with van der Waals surface area (Å²) >= 11 is 0. The average Bonchev–Trinajstić information content (AvgIpc) is 2.05. The fraction of sp³-hybridized carbons (Fsp3) is 1.00. The molecule has 0 aromatic heterocycles. The van der Waals surface area contributed by atoms with Crippen LogP contribution >= 0.6 is 13.5 Å². The van der Waals surface area contributed by atoms with Gasteiger partial charge in [0.15, 0.2) is 0 Å². The SMILES string of the molecule is COCCO.COCCOS(C)(=O)=O.S. The van der Waals surface area contributed by atoms with Crippen LogP contribution in [0, 0.1) is 0 Å². The van der Waals surface area contributed by atoms with Gasteiger partial charge >= 0.3 is 0 Å². The highest BCUT2D eigenvalue weighted by atomic mass is 32.2. The fourth-order valence-electron chi connectivity index (χ4n) is 0.360. The molecule has 6 nitrogen and oxygen atoms in total. The molecule has 0 aromatic rings. The van der Waals surface area contributed by atoms with E-state index in [-0.39, 0.29) is 26.7 Å². The molecular formula is C7H20O6S2. The first kappa shape index (κ1) is 20.5. The number of rotatable bonds is 6. The molecule has 1 N–H and O–H groups in total. The van der Waals surface area contributed by atoms with Gasteiger partial charge in [-0.25, -0.2) is 0 Å². The van der Waals surface area contributed by atoms with Gasteiger partial charge in [0, 0.05) is 14.2 Å². The molecule has 0 aliphatic heterocycles. The molecule has 0 bridgehead atoms. The van der Waals surface area contributed by atoms with Crippen molar-refractivity contribution in [2.75, 3.05) is 46.9 Å². The van der Waals surface area contributed by atoms with Crippen molar-refractivity contribution in [3.63, 3.8) is 0 Å². The standard InChI is InChI=1S/C4H10O4S.C3H8O2.H2S/c1-7-3-4-8-9(2,5)6;1-5-3-2-4;/h3-4H2,1-2H3;4H,2-3H2,1H3;1H2. The first-order valence-electron chi connectivity index (χ1n) is 3.91. The maximum atomic E-state index is 10.2. The normalized spacial score (nSPS) is 9.87. The maximum absolute atomic E-state index is 10.2. The molecule has 0 unspecified atom stereocenters. The molecule has 0 radical (unpaired) electrons. The Morgan fingerprint density at radius 3 is 1.73 bits per heavy atom. The van der Waals surface area contributed by atoms with Gasteiger partial charge in [-0.1, -0.05) is 0 Å².